The van der Waals surface area contributed by atoms with Crippen LogP contribution in [-0.4, -0.2) is 21.1 Å². The summed E-state index contributed by atoms with van der Waals surface area (Å²) in [7, 11) is 0. The highest BCUT2D eigenvalue weighted by molar-refractivity contribution is 7.99. The van der Waals surface area contributed by atoms with Crippen molar-refractivity contribution in [2.45, 2.75) is 45.8 Å². The predicted octanol–water partition coefficient (Wildman–Crippen LogP) is 3.51. The molecule has 0 aliphatic rings. The van der Waals surface area contributed by atoms with Gasteiger partial charge in [-0.25, -0.2) is 4.98 Å². The quantitative estimate of drug-likeness (QED) is 0.625. The Balaban J connectivity index is 2.41. The second-order valence-corrected chi connectivity index (χ2v) is 7.27. The van der Waals surface area contributed by atoms with Crippen LogP contribution in [0.3, 0.4) is 0 Å². The van der Waals surface area contributed by atoms with Gasteiger partial charge in [0.2, 0.25) is 0 Å². The van der Waals surface area contributed by atoms with Crippen LogP contribution in [0.5, 0.6) is 0 Å². The minimum atomic E-state index is -0.375. The Morgan fingerprint density at radius 3 is 2.59 bits per heavy atom. The van der Waals surface area contributed by atoms with Gasteiger partial charge in [-0.3, -0.25) is 14.2 Å². The summed E-state index contributed by atoms with van der Waals surface area (Å²) >= 11 is 1.35. The van der Waals surface area contributed by atoms with Crippen LogP contribution in [0.4, 0.5) is 0 Å². The molecule has 0 aliphatic carbocycles. The third-order valence-electron chi connectivity index (χ3n) is 3.44. The summed E-state index contributed by atoms with van der Waals surface area (Å²) in [5.74, 6) is 0.487. The first kappa shape index (κ1) is 16.7. The average molecular weight is 318 g/mol. The van der Waals surface area contributed by atoms with Crippen molar-refractivity contribution in [3.8, 4) is 0 Å². The molecule has 0 amide bonds. The number of ketones is 1. The molecule has 0 aliphatic heterocycles. The highest BCUT2D eigenvalue weighted by Gasteiger charge is 2.22. The molecule has 0 fully saturated rings. The van der Waals surface area contributed by atoms with Gasteiger partial charge in [-0.15, -0.1) is 0 Å². The van der Waals surface area contributed by atoms with E-state index in [0.29, 0.717) is 28.4 Å². The maximum atomic E-state index is 12.6. The number of nitrogens with zero attached hydrogens (tertiary/aromatic N) is 2. The van der Waals surface area contributed by atoms with Crippen LogP contribution >= 0.6 is 11.8 Å². The first-order valence-corrected chi connectivity index (χ1v) is 8.49. The number of Topliss-reactive ketones (excluding diaryl/α,β-unsaturated/α-hetero) is 1. The van der Waals surface area contributed by atoms with Crippen LogP contribution in [0, 0.1) is 5.41 Å². The molecule has 22 heavy (non-hydrogen) atoms. The zero-order valence-corrected chi connectivity index (χ0v) is 14.4. The van der Waals surface area contributed by atoms with Crippen molar-refractivity contribution in [3.05, 3.63) is 34.6 Å². The van der Waals surface area contributed by atoms with Crippen molar-refractivity contribution in [2.75, 3.05) is 5.75 Å². The fourth-order valence-corrected chi connectivity index (χ4v) is 3.21. The zero-order chi connectivity index (χ0) is 16.3. The van der Waals surface area contributed by atoms with E-state index in [1.54, 1.807) is 10.6 Å². The van der Waals surface area contributed by atoms with E-state index in [0.717, 1.165) is 6.42 Å². The third kappa shape index (κ3) is 3.58. The summed E-state index contributed by atoms with van der Waals surface area (Å²) in [6.07, 6.45) is 0.848. The molecule has 1 aromatic carbocycles. The number of rotatable bonds is 5. The Kier molecular flexibility index (Phi) is 5.06. The fourth-order valence-electron chi connectivity index (χ4n) is 2.03. The van der Waals surface area contributed by atoms with Gasteiger partial charge in [0, 0.05) is 12.0 Å². The van der Waals surface area contributed by atoms with E-state index in [1.807, 2.05) is 45.9 Å². The number of aromatic nitrogens is 2. The first-order chi connectivity index (χ1) is 10.3. The number of fused-ring (bicyclic) bond motifs is 1. The molecule has 0 saturated carbocycles. The van der Waals surface area contributed by atoms with E-state index in [4.69, 9.17) is 0 Å². The second-order valence-electron chi connectivity index (χ2n) is 6.33. The van der Waals surface area contributed by atoms with Gasteiger partial charge in [0.1, 0.15) is 5.78 Å². The van der Waals surface area contributed by atoms with E-state index in [-0.39, 0.29) is 16.8 Å². The van der Waals surface area contributed by atoms with Gasteiger partial charge < -0.3 is 0 Å². The Hall–Kier alpha value is -1.62. The second kappa shape index (κ2) is 6.65. The summed E-state index contributed by atoms with van der Waals surface area (Å²) in [4.78, 5) is 29.3. The molecule has 0 radical (unpaired) electrons. The van der Waals surface area contributed by atoms with Crippen molar-refractivity contribution in [1.29, 1.82) is 0 Å². The minimum absolute atomic E-state index is 0.0295. The van der Waals surface area contributed by atoms with Gasteiger partial charge in [-0.1, -0.05) is 51.6 Å². The van der Waals surface area contributed by atoms with Gasteiger partial charge >= 0.3 is 0 Å². The third-order valence-corrected chi connectivity index (χ3v) is 4.42. The normalized spacial score (nSPS) is 11.8. The van der Waals surface area contributed by atoms with E-state index in [2.05, 4.69) is 4.98 Å². The lowest BCUT2D eigenvalue weighted by molar-refractivity contribution is -0.123. The molecule has 5 heteroatoms. The highest BCUT2D eigenvalue weighted by atomic mass is 32.2. The van der Waals surface area contributed by atoms with Crippen LogP contribution < -0.4 is 5.56 Å². The lowest BCUT2D eigenvalue weighted by atomic mass is 9.92. The van der Waals surface area contributed by atoms with E-state index < -0.39 is 0 Å². The van der Waals surface area contributed by atoms with Gasteiger partial charge in [0.25, 0.3) is 5.56 Å². The van der Waals surface area contributed by atoms with Crippen LogP contribution in [0.15, 0.2) is 34.2 Å². The molecule has 4 nitrogen and oxygen atoms in total. The van der Waals surface area contributed by atoms with Crippen LogP contribution in [0.1, 0.15) is 34.1 Å². The Bertz CT molecular complexity index is 744. The number of para-hydroxylation sites is 1. The molecule has 1 heterocycles. The van der Waals surface area contributed by atoms with E-state index in [1.165, 1.54) is 11.8 Å². The molecule has 1 aromatic heterocycles. The molecule has 2 rings (SSSR count). The standard InChI is InChI=1S/C17H22N2O2S/c1-5-10-19-15(21)12-8-6-7-9-13(12)18-16(19)22-11-14(20)17(2,3)4/h6-9H,5,10-11H2,1-4H3. The van der Waals surface area contributed by atoms with Gasteiger partial charge in [-0.05, 0) is 18.6 Å². The van der Waals surface area contributed by atoms with Gasteiger partial charge in [-0.2, -0.15) is 0 Å². The Labute approximate surface area is 134 Å². The number of hydrogen-bond donors (Lipinski definition) is 0. The number of thioether (sulfide) groups is 1. The molecule has 0 atom stereocenters. The number of carbonyl (C=O) groups excluding carboxylic acids is 1. The van der Waals surface area contributed by atoms with Gasteiger partial charge in [0.15, 0.2) is 5.16 Å². The maximum absolute atomic E-state index is 12.6. The highest BCUT2D eigenvalue weighted by Crippen LogP contribution is 2.23. The molecule has 118 valence electrons. The number of hydrogen-bond acceptors (Lipinski definition) is 4. The fraction of sp³-hybridized carbons (Fsp3) is 0.471. The Morgan fingerprint density at radius 1 is 1.27 bits per heavy atom. The smallest absolute Gasteiger partial charge is 0.262 e. The molecular weight excluding hydrogens is 296 g/mol. The van der Waals surface area contributed by atoms with Gasteiger partial charge in [0.05, 0.1) is 16.7 Å². The minimum Gasteiger partial charge on any atom is -0.298 e. The first-order valence-electron chi connectivity index (χ1n) is 7.50. The largest absolute Gasteiger partial charge is 0.298 e. The topological polar surface area (TPSA) is 52.0 Å². The average Bonchev–Trinajstić information content (AvgIpc) is 2.47. The van der Waals surface area contributed by atoms with Crippen molar-refractivity contribution in [2.24, 2.45) is 5.41 Å². The summed E-state index contributed by atoms with van der Waals surface area (Å²) in [6.45, 7) is 8.35. The van der Waals surface area contributed by atoms with E-state index >= 15 is 0 Å². The van der Waals surface area contributed by atoms with Crippen LogP contribution in [0.25, 0.3) is 10.9 Å². The lowest BCUT2D eigenvalue weighted by Crippen LogP contribution is -2.25. The van der Waals surface area contributed by atoms with Crippen LogP contribution in [0.2, 0.25) is 0 Å². The summed E-state index contributed by atoms with van der Waals surface area (Å²) in [5, 5.41) is 1.26. The summed E-state index contributed by atoms with van der Waals surface area (Å²) in [5.41, 5.74) is 0.281. The predicted molar refractivity (Wildman–Crippen MR) is 91.5 cm³/mol. The van der Waals surface area contributed by atoms with Crippen molar-refractivity contribution in [3.63, 3.8) is 0 Å². The van der Waals surface area contributed by atoms with E-state index in [9.17, 15) is 9.59 Å². The number of carbonyl (C=O) groups is 1. The Morgan fingerprint density at radius 2 is 1.95 bits per heavy atom. The zero-order valence-electron chi connectivity index (χ0n) is 13.5. The molecular formula is C17H22N2O2S. The molecule has 0 bridgehead atoms. The molecule has 0 N–H and O–H groups in total. The van der Waals surface area contributed by atoms with Crippen molar-refractivity contribution in [1.82, 2.24) is 9.55 Å². The monoisotopic (exact) mass is 318 g/mol. The summed E-state index contributed by atoms with van der Waals surface area (Å²) < 4.78 is 1.68. The molecule has 0 unspecified atom stereocenters. The molecule has 0 saturated heterocycles. The van der Waals surface area contributed by atoms with Crippen molar-refractivity contribution < 1.29 is 4.79 Å². The maximum Gasteiger partial charge on any atom is 0.262 e. The van der Waals surface area contributed by atoms with Crippen LogP contribution in [-0.2, 0) is 11.3 Å². The lowest BCUT2D eigenvalue weighted by Gasteiger charge is -2.17. The number of benzene rings is 1. The van der Waals surface area contributed by atoms with Crippen molar-refractivity contribution >= 4 is 28.4 Å². The molecule has 0 spiro atoms. The summed E-state index contributed by atoms with van der Waals surface area (Å²) in [6, 6.07) is 7.35. The SMILES string of the molecule is CCCn1c(SCC(=O)C(C)(C)C)nc2ccccc2c1=O. The molecule has 2 aromatic rings.